The second-order valence-corrected chi connectivity index (χ2v) is 13.3. The molecule has 2 N–H and O–H groups in total. The van der Waals surface area contributed by atoms with Crippen LogP contribution in [0.15, 0.2) is 66.4 Å². The minimum Gasteiger partial charge on any atom is -0.454 e. The Hall–Kier alpha value is -4.51. The number of sulfonamides is 1. The molecule has 1 aromatic heterocycles. The van der Waals surface area contributed by atoms with Crippen molar-refractivity contribution >= 4 is 33.4 Å². The number of ketones is 1. The van der Waals surface area contributed by atoms with Crippen molar-refractivity contribution in [1.82, 2.24) is 9.78 Å². The van der Waals surface area contributed by atoms with E-state index in [1.807, 2.05) is 20.8 Å². The number of Topliss-reactive ketones (excluding diaryl/α,β-unsaturated/α-hetero) is 1. The van der Waals surface area contributed by atoms with Crippen LogP contribution in [0.25, 0.3) is 11.8 Å². The van der Waals surface area contributed by atoms with Gasteiger partial charge in [-0.25, -0.2) is 21.9 Å². The Morgan fingerprint density at radius 3 is 2.50 bits per heavy atom. The number of carbonyl (C=O) groups excluding carboxylic acids is 1. The summed E-state index contributed by atoms with van der Waals surface area (Å²) in [4.78, 5) is 13.5. The molecule has 2 aliphatic rings. The van der Waals surface area contributed by atoms with Crippen LogP contribution in [0.2, 0.25) is 0 Å². The van der Waals surface area contributed by atoms with Gasteiger partial charge in [-0.1, -0.05) is 26.0 Å². The number of hydrogen-bond donors (Lipinski definition) is 1. The maximum Gasteiger partial charge on any atom is 0.235 e. The normalized spacial score (nSPS) is 16.8. The number of anilines is 2. The minimum atomic E-state index is -3.66. The van der Waals surface area contributed by atoms with Crippen LogP contribution in [0, 0.1) is 24.0 Å². The van der Waals surface area contributed by atoms with Gasteiger partial charge in [-0.15, -0.1) is 0 Å². The molecule has 8 nitrogen and oxygen atoms in total. The molecule has 0 saturated carbocycles. The molecule has 2 heterocycles. The number of fused-ring (bicyclic) bond motifs is 1. The molecule has 1 saturated heterocycles. The number of nitrogens with zero attached hydrogens (tertiary/aromatic N) is 3. The molecule has 1 fully saturated rings. The third-order valence-electron chi connectivity index (χ3n) is 7.47. The zero-order valence-corrected chi connectivity index (χ0v) is 24.0. The van der Waals surface area contributed by atoms with Gasteiger partial charge in [0.15, 0.2) is 17.3 Å². The van der Waals surface area contributed by atoms with Crippen LogP contribution in [-0.4, -0.2) is 36.3 Å². The van der Waals surface area contributed by atoms with Crippen LogP contribution in [0.3, 0.4) is 0 Å². The first-order valence-electron chi connectivity index (χ1n) is 13.3. The summed E-state index contributed by atoms with van der Waals surface area (Å²) in [6.07, 6.45) is 3.18. The summed E-state index contributed by atoms with van der Waals surface area (Å²) in [5.41, 5.74) is 8.95. The van der Waals surface area contributed by atoms with Gasteiger partial charge in [-0.05, 0) is 77.6 Å². The highest BCUT2D eigenvalue weighted by atomic mass is 32.2. The van der Waals surface area contributed by atoms with Crippen LogP contribution in [-0.2, 0) is 16.4 Å². The lowest BCUT2D eigenvalue weighted by atomic mass is 9.96. The Morgan fingerprint density at radius 1 is 1.05 bits per heavy atom. The lowest BCUT2D eigenvalue weighted by Crippen LogP contribution is -2.27. The number of nitrogen functional groups attached to an aromatic ring is 1. The first-order chi connectivity index (χ1) is 19.8. The lowest BCUT2D eigenvalue weighted by Gasteiger charge is -2.20. The predicted molar refractivity (Wildman–Crippen MR) is 157 cm³/mol. The van der Waals surface area contributed by atoms with Gasteiger partial charge in [0.1, 0.15) is 17.4 Å². The van der Waals surface area contributed by atoms with Gasteiger partial charge in [0.05, 0.1) is 28.9 Å². The number of para-hydroxylation sites is 1. The number of aryl methyl sites for hydroxylation is 1. The van der Waals surface area contributed by atoms with E-state index < -0.39 is 27.1 Å². The summed E-state index contributed by atoms with van der Waals surface area (Å²) in [6, 6.07) is 14.0. The molecule has 11 heteroatoms. The molecule has 1 aliphatic carbocycles. The van der Waals surface area contributed by atoms with E-state index in [4.69, 9.17) is 10.5 Å². The molecule has 3 aromatic carbocycles. The molecule has 0 unspecified atom stereocenters. The third-order valence-corrected chi connectivity index (χ3v) is 9.62. The van der Waals surface area contributed by atoms with Gasteiger partial charge in [-0.2, -0.15) is 5.10 Å². The van der Waals surface area contributed by atoms with Crippen molar-refractivity contribution in [2.24, 2.45) is 5.41 Å². The molecule has 6 rings (SSSR count). The molecular formula is C31H28F2N4O4S. The number of aromatic nitrogens is 2. The number of allylic oxidation sites excluding steroid dienone is 1. The smallest absolute Gasteiger partial charge is 0.235 e. The van der Waals surface area contributed by atoms with Gasteiger partial charge in [0, 0.05) is 18.5 Å². The molecule has 0 radical (unpaired) electrons. The van der Waals surface area contributed by atoms with Crippen molar-refractivity contribution in [3.05, 3.63) is 100 Å². The number of hydrogen-bond acceptors (Lipinski definition) is 6. The molecule has 0 atom stereocenters. The maximum absolute atomic E-state index is 15.1. The number of rotatable bonds is 6. The van der Waals surface area contributed by atoms with E-state index >= 15 is 4.39 Å². The number of ether oxygens (including phenoxy) is 1. The molecular weight excluding hydrogens is 562 g/mol. The van der Waals surface area contributed by atoms with Gasteiger partial charge in [0.25, 0.3) is 0 Å². The van der Waals surface area contributed by atoms with Crippen molar-refractivity contribution < 1.29 is 26.7 Å². The van der Waals surface area contributed by atoms with E-state index in [0.29, 0.717) is 28.1 Å². The Balaban J connectivity index is 1.23. The van der Waals surface area contributed by atoms with Crippen LogP contribution in [0.5, 0.6) is 11.5 Å². The lowest BCUT2D eigenvalue weighted by molar-refractivity contribution is 0.103. The van der Waals surface area contributed by atoms with Crippen molar-refractivity contribution in [2.75, 3.05) is 22.3 Å². The fourth-order valence-electron chi connectivity index (χ4n) is 5.51. The number of nitrogens with two attached hydrogens (primary N) is 1. The van der Waals surface area contributed by atoms with Crippen LogP contribution in [0.4, 0.5) is 20.3 Å². The molecule has 1 aliphatic heterocycles. The molecule has 0 bridgehead atoms. The van der Waals surface area contributed by atoms with E-state index in [1.54, 1.807) is 36.4 Å². The van der Waals surface area contributed by atoms with E-state index in [-0.39, 0.29) is 47.3 Å². The van der Waals surface area contributed by atoms with Crippen LogP contribution < -0.4 is 14.8 Å². The Bertz CT molecular complexity index is 1910. The topological polar surface area (TPSA) is 108 Å². The summed E-state index contributed by atoms with van der Waals surface area (Å²) >= 11 is 0. The first kappa shape index (κ1) is 27.6. The predicted octanol–water partition coefficient (Wildman–Crippen LogP) is 5.83. The average Bonchev–Trinajstić information content (AvgIpc) is 3.56. The summed E-state index contributed by atoms with van der Waals surface area (Å²) in [7, 11) is -3.66. The SMILES string of the molecule is Cc1cc(Oc2ccccc2F)ccc1-n1ncc(C(=O)C2=Cc3cc(F)c(N4CC(C)(C)CS4(=O)=O)cc3C2)c1N. The standard InChI is InChI=1S/C31H28F2N4O4S/c1-18-10-22(41-28-7-5-4-6-24(28)32)8-9-26(18)37-30(34)23(15-35-37)29(38)21-11-19-13-25(33)27(14-20(19)12-21)36-16-31(2,3)17-42(36,39)40/h4-11,13-15H,12,16-17,34H2,1-3H3. The minimum absolute atomic E-state index is 0.00772. The Morgan fingerprint density at radius 2 is 1.81 bits per heavy atom. The molecule has 42 heavy (non-hydrogen) atoms. The summed E-state index contributed by atoms with van der Waals surface area (Å²) < 4.78 is 62.8. The zero-order chi connectivity index (χ0) is 30.0. The Labute approximate surface area is 242 Å². The van der Waals surface area contributed by atoms with Crippen molar-refractivity contribution in [3.63, 3.8) is 0 Å². The van der Waals surface area contributed by atoms with Gasteiger partial charge < -0.3 is 10.5 Å². The van der Waals surface area contributed by atoms with E-state index in [1.165, 1.54) is 35.1 Å². The fourth-order valence-corrected chi connectivity index (χ4v) is 7.73. The summed E-state index contributed by atoms with van der Waals surface area (Å²) in [6.45, 7) is 5.65. The molecule has 4 aromatic rings. The molecule has 0 amide bonds. The second kappa shape index (κ2) is 9.80. The van der Waals surface area contributed by atoms with E-state index in [0.717, 1.165) is 9.87 Å². The number of carbonyl (C=O) groups is 1. The van der Waals surface area contributed by atoms with Crippen LogP contribution in [0.1, 0.15) is 40.9 Å². The van der Waals surface area contributed by atoms with Gasteiger partial charge in [0.2, 0.25) is 10.0 Å². The van der Waals surface area contributed by atoms with Crippen LogP contribution >= 0.6 is 0 Å². The first-order valence-corrected chi connectivity index (χ1v) is 14.9. The van der Waals surface area contributed by atoms with Crippen molar-refractivity contribution in [3.8, 4) is 17.2 Å². The largest absolute Gasteiger partial charge is 0.454 e. The molecule has 0 spiro atoms. The van der Waals surface area contributed by atoms with E-state index in [9.17, 15) is 17.6 Å². The Kier molecular flexibility index (Phi) is 6.45. The summed E-state index contributed by atoms with van der Waals surface area (Å²) in [5.74, 6) is -0.919. The van der Waals surface area contributed by atoms with E-state index in [2.05, 4.69) is 5.10 Å². The fraction of sp³-hybridized carbons (Fsp3) is 0.226. The summed E-state index contributed by atoms with van der Waals surface area (Å²) in [5, 5.41) is 4.34. The van der Waals surface area contributed by atoms with Crippen molar-refractivity contribution in [1.29, 1.82) is 0 Å². The maximum atomic E-state index is 15.1. The zero-order valence-electron chi connectivity index (χ0n) is 23.2. The second-order valence-electron chi connectivity index (χ2n) is 11.4. The number of benzene rings is 3. The van der Waals surface area contributed by atoms with Gasteiger partial charge >= 0.3 is 0 Å². The highest BCUT2D eigenvalue weighted by Gasteiger charge is 2.42. The van der Waals surface area contributed by atoms with Crippen molar-refractivity contribution in [2.45, 2.75) is 27.2 Å². The highest BCUT2D eigenvalue weighted by molar-refractivity contribution is 7.93. The highest BCUT2D eigenvalue weighted by Crippen LogP contribution is 2.39. The monoisotopic (exact) mass is 590 g/mol. The average molecular weight is 591 g/mol. The van der Waals surface area contributed by atoms with Gasteiger partial charge in [-0.3, -0.25) is 9.10 Å². The number of halogens is 2. The third kappa shape index (κ3) is 4.83. The molecule has 216 valence electrons. The quantitative estimate of drug-likeness (QED) is 0.283.